The smallest absolute Gasteiger partial charge is 0.165 e. The molecule has 0 aliphatic rings. The number of nitrogens with zero attached hydrogens (tertiary/aromatic N) is 1. The van der Waals surface area contributed by atoms with Gasteiger partial charge in [-0.1, -0.05) is 6.07 Å². The molecule has 0 saturated heterocycles. The van der Waals surface area contributed by atoms with E-state index in [0.29, 0.717) is 5.75 Å². The van der Waals surface area contributed by atoms with E-state index in [1.54, 1.807) is 6.07 Å². The summed E-state index contributed by atoms with van der Waals surface area (Å²) in [7, 11) is 3.51. The number of methoxy groups -OCH3 is 1. The molecule has 0 atom stereocenters. The second-order valence-corrected chi connectivity index (χ2v) is 5.88. The van der Waals surface area contributed by atoms with Crippen molar-refractivity contribution in [3.05, 3.63) is 29.6 Å². The Kier molecular flexibility index (Phi) is 5.76. The predicted octanol–water partition coefficient (Wildman–Crippen LogP) is 2.65. The van der Waals surface area contributed by atoms with E-state index >= 15 is 0 Å². The van der Waals surface area contributed by atoms with Crippen molar-refractivity contribution >= 4 is 0 Å². The van der Waals surface area contributed by atoms with E-state index in [4.69, 9.17) is 4.74 Å². The van der Waals surface area contributed by atoms with E-state index in [1.165, 1.54) is 13.2 Å². The highest BCUT2D eigenvalue weighted by atomic mass is 19.1. The lowest BCUT2D eigenvalue weighted by molar-refractivity contribution is 0.302. The van der Waals surface area contributed by atoms with Crippen LogP contribution in [0.15, 0.2) is 18.2 Å². The van der Waals surface area contributed by atoms with Gasteiger partial charge in [-0.2, -0.15) is 0 Å². The van der Waals surface area contributed by atoms with Gasteiger partial charge in [0.05, 0.1) is 7.11 Å². The van der Waals surface area contributed by atoms with Crippen LogP contribution >= 0.6 is 0 Å². The van der Waals surface area contributed by atoms with Gasteiger partial charge in [0, 0.05) is 25.2 Å². The first-order valence-electron chi connectivity index (χ1n) is 6.58. The Hall–Kier alpha value is -1.13. The fraction of sp³-hybridized carbons (Fsp3) is 0.600. The largest absolute Gasteiger partial charge is 0.494 e. The second kappa shape index (κ2) is 6.87. The van der Waals surface area contributed by atoms with Gasteiger partial charge in [-0.3, -0.25) is 0 Å². The third-order valence-electron chi connectivity index (χ3n) is 2.82. The Labute approximate surface area is 115 Å². The quantitative estimate of drug-likeness (QED) is 0.858. The summed E-state index contributed by atoms with van der Waals surface area (Å²) >= 11 is 0. The highest BCUT2D eigenvalue weighted by molar-refractivity contribution is 5.29. The number of likely N-dealkylation sites (N-methyl/N-ethyl adjacent to an activating group) is 1. The highest BCUT2D eigenvalue weighted by Gasteiger charge is 2.09. The molecule has 0 amide bonds. The molecule has 0 saturated carbocycles. The summed E-state index contributed by atoms with van der Waals surface area (Å²) in [5.74, 6) is -0.0120. The van der Waals surface area contributed by atoms with Gasteiger partial charge in [-0.05, 0) is 45.5 Å². The molecule has 0 heterocycles. The minimum Gasteiger partial charge on any atom is -0.494 e. The van der Waals surface area contributed by atoms with Gasteiger partial charge in [-0.15, -0.1) is 0 Å². The van der Waals surface area contributed by atoms with Crippen LogP contribution in [0.25, 0.3) is 0 Å². The maximum Gasteiger partial charge on any atom is 0.165 e. The monoisotopic (exact) mass is 268 g/mol. The van der Waals surface area contributed by atoms with E-state index in [-0.39, 0.29) is 11.4 Å². The fourth-order valence-corrected chi connectivity index (χ4v) is 1.82. The van der Waals surface area contributed by atoms with E-state index in [0.717, 1.165) is 25.2 Å². The van der Waals surface area contributed by atoms with Gasteiger partial charge in [0.25, 0.3) is 0 Å². The van der Waals surface area contributed by atoms with E-state index in [9.17, 15) is 4.39 Å². The molecule has 0 aliphatic carbocycles. The van der Waals surface area contributed by atoms with Crippen LogP contribution in [-0.4, -0.2) is 37.7 Å². The summed E-state index contributed by atoms with van der Waals surface area (Å²) < 4.78 is 18.5. The molecule has 1 rings (SSSR count). The average molecular weight is 268 g/mol. The molecule has 0 aliphatic heterocycles. The summed E-state index contributed by atoms with van der Waals surface area (Å²) in [6.07, 6.45) is 0. The van der Waals surface area contributed by atoms with Gasteiger partial charge >= 0.3 is 0 Å². The van der Waals surface area contributed by atoms with Crippen molar-refractivity contribution in [3.8, 4) is 5.75 Å². The molecule has 1 N–H and O–H groups in total. The molecule has 1 aromatic rings. The minimum atomic E-state index is -0.304. The molecule has 1 aromatic carbocycles. The van der Waals surface area contributed by atoms with Crippen LogP contribution in [0.4, 0.5) is 4.39 Å². The molecule has 108 valence electrons. The van der Waals surface area contributed by atoms with Crippen LogP contribution < -0.4 is 10.1 Å². The first-order chi connectivity index (χ1) is 8.81. The van der Waals surface area contributed by atoms with Crippen LogP contribution in [0.2, 0.25) is 0 Å². The molecule has 3 nitrogen and oxygen atoms in total. The summed E-state index contributed by atoms with van der Waals surface area (Å²) in [5.41, 5.74) is 1.09. The van der Waals surface area contributed by atoms with E-state index in [1.807, 2.05) is 13.1 Å². The Bertz CT molecular complexity index is 402. The molecular formula is C15H25FN2O. The molecule has 4 heteroatoms. The maximum absolute atomic E-state index is 13.6. The topological polar surface area (TPSA) is 24.5 Å². The third-order valence-corrected chi connectivity index (χ3v) is 2.82. The summed E-state index contributed by atoms with van der Waals surface area (Å²) in [6, 6.07) is 5.11. The van der Waals surface area contributed by atoms with Crippen molar-refractivity contribution in [2.45, 2.75) is 32.9 Å². The van der Waals surface area contributed by atoms with Crippen LogP contribution in [-0.2, 0) is 6.54 Å². The molecule has 0 unspecified atom stereocenters. The number of hydrogen-bond donors (Lipinski definition) is 1. The van der Waals surface area contributed by atoms with Crippen molar-refractivity contribution in [2.24, 2.45) is 0 Å². The normalized spacial score (nSPS) is 11.9. The SMILES string of the molecule is COc1ccc(CN(C)CCNC(C)(C)C)cc1F. The van der Waals surface area contributed by atoms with E-state index in [2.05, 4.69) is 31.0 Å². The van der Waals surface area contributed by atoms with Gasteiger partial charge in [0.2, 0.25) is 0 Å². The second-order valence-electron chi connectivity index (χ2n) is 5.88. The zero-order valence-electron chi connectivity index (χ0n) is 12.6. The number of nitrogens with one attached hydrogen (secondary N) is 1. The Morgan fingerprint density at radius 2 is 2.00 bits per heavy atom. The molecule has 0 fully saturated rings. The Balaban J connectivity index is 2.44. The average Bonchev–Trinajstić information content (AvgIpc) is 2.27. The first kappa shape index (κ1) is 15.9. The summed E-state index contributed by atoms with van der Waals surface area (Å²) in [4.78, 5) is 2.17. The van der Waals surface area contributed by atoms with Gasteiger partial charge in [0.15, 0.2) is 11.6 Å². The summed E-state index contributed by atoms with van der Waals surface area (Å²) in [6.45, 7) is 9.00. The molecule has 0 radical (unpaired) electrons. The Morgan fingerprint density at radius 3 is 2.53 bits per heavy atom. The van der Waals surface area contributed by atoms with Gasteiger partial charge < -0.3 is 15.0 Å². The fourth-order valence-electron chi connectivity index (χ4n) is 1.82. The van der Waals surface area contributed by atoms with Crippen molar-refractivity contribution in [3.63, 3.8) is 0 Å². The lowest BCUT2D eigenvalue weighted by atomic mass is 10.1. The molecule has 0 aromatic heterocycles. The lowest BCUT2D eigenvalue weighted by Crippen LogP contribution is -2.40. The maximum atomic E-state index is 13.6. The number of rotatable bonds is 6. The number of halogens is 1. The van der Waals surface area contributed by atoms with Crippen LogP contribution in [0, 0.1) is 5.82 Å². The Morgan fingerprint density at radius 1 is 1.32 bits per heavy atom. The van der Waals surface area contributed by atoms with Crippen molar-refractivity contribution in [2.75, 3.05) is 27.2 Å². The first-order valence-corrected chi connectivity index (χ1v) is 6.58. The molecular weight excluding hydrogens is 243 g/mol. The highest BCUT2D eigenvalue weighted by Crippen LogP contribution is 2.18. The number of ether oxygens (including phenoxy) is 1. The molecule has 0 spiro atoms. The third kappa shape index (κ3) is 6.03. The van der Waals surface area contributed by atoms with Crippen LogP contribution in [0.3, 0.4) is 0 Å². The lowest BCUT2D eigenvalue weighted by Gasteiger charge is -2.23. The molecule has 0 bridgehead atoms. The minimum absolute atomic E-state index is 0.132. The zero-order chi connectivity index (χ0) is 14.5. The predicted molar refractivity (Wildman–Crippen MR) is 77.0 cm³/mol. The van der Waals surface area contributed by atoms with Crippen LogP contribution in [0.5, 0.6) is 5.75 Å². The van der Waals surface area contributed by atoms with Crippen molar-refractivity contribution in [1.82, 2.24) is 10.2 Å². The number of benzene rings is 1. The van der Waals surface area contributed by atoms with Gasteiger partial charge in [-0.25, -0.2) is 4.39 Å². The van der Waals surface area contributed by atoms with E-state index < -0.39 is 0 Å². The van der Waals surface area contributed by atoms with Crippen LogP contribution in [0.1, 0.15) is 26.3 Å². The summed E-state index contributed by atoms with van der Waals surface area (Å²) in [5, 5.41) is 3.43. The van der Waals surface area contributed by atoms with Crippen molar-refractivity contribution in [1.29, 1.82) is 0 Å². The van der Waals surface area contributed by atoms with Gasteiger partial charge in [0.1, 0.15) is 0 Å². The zero-order valence-corrected chi connectivity index (χ0v) is 12.6. The standard InChI is InChI=1S/C15H25FN2O/c1-15(2,3)17-8-9-18(4)11-12-6-7-14(19-5)13(16)10-12/h6-7,10,17H,8-9,11H2,1-5H3. The molecule has 19 heavy (non-hydrogen) atoms. The van der Waals surface area contributed by atoms with Crippen molar-refractivity contribution < 1.29 is 9.13 Å². The number of hydrogen-bond acceptors (Lipinski definition) is 3.